The van der Waals surface area contributed by atoms with Crippen LogP contribution in [0.5, 0.6) is 0 Å². The molecule has 1 saturated heterocycles. The largest absolute Gasteiger partial charge is 0.380 e. The van der Waals surface area contributed by atoms with Crippen LogP contribution < -0.4 is 4.90 Å². The highest BCUT2D eigenvalue weighted by Gasteiger charge is 2.16. The summed E-state index contributed by atoms with van der Waals surface area (Å²) in [5.41, 5.74) is 2.69. The Hall–Kier alpha value is -2.36. The van der Waals surface area contributed by atoms with E-state index in [4.69, 9.17) is 4.74 Å². The van der Waals surface area contributed by atoms with Gasteiger partial charge in [-0.1, -0.05) is 60.7 Å². The minimum Gasteiger partial charge on any atom is -0.380 e. The molecule has 0 amide bonds. The quantitative estimate of drug-likeness (QED) is 0.587. The number of anilines is 1. The predicted molar refractivity (Wildman–Crippen MR) is 114 cm³/mol. The van der Waals surface area contributed by atoms with Crippen LogP contribution in [0.2, 0.25) is 0 Å². The summed E-state index contributed by atoms with van der Waals surface area (Å²) in [6, 6.07) is 25.9. The van der Waals surface area contributed by atoms with Crippen molar-refractivity contribution in [2.24, 2.45) is 0 Å². The molecule has 27 heavy (non-hydrogen) atoms. The van der Waals surface area contributed by atoms with Crippen molar-refractivity contribution in [3.05, 3.63) is 78.4 Å². The van der Waals surface area contributed by atoms with Crippen LogP contribution in [-0.4, -0.2) is 50.8 Å². The first-order valence-electron chi connectivity index (χ1n) is 9.96. The molecule has 0 saturated carbocycles. The van der Waals surface area contributed by atoms with Crippen LogP contribution >= 0.6 is 0 Å². The van der Waals surface area contributed by atoms with Crippen molar-refractivity contribution in [3.8, 4) is 0 Å². The minimum absolute atomic E-state index is 0.794. The van der Waals surface area contributed by atoms with E-state index in [1.165, 1.54) is 22.0 Å². The molecular formula is C24H28N2O. The van der Waals surface area contributed by atoms with Crippen molar-refractivity contribution < 1.29 is 4.74 Å². The fraction of sp³-hybridized carbons (Fsp3) is 0.333. The second kappa shape index (κ2) is 9.03. The van der Waals surface area contributed by atoms with Gasteiger partial charge in [-0.05, 0) is 34.9 Å². The Morgan fingerprint density at radius 3 is 2.26 bits per heavy atom. The first kappa shape index (κ1) is 18.0. The fourth-order valence-corrected chi connectivity index (χ4v) is 3.75. The summed E-state index contributed by atoms with van der Waals surface area (Å²) < 4.78 is 5.91. The summed E-state index contributed by atoms with van der Waals surface area (Å²) in [4.78, 5) is 4.98. The smallest absolute Gasteiger partial charge is 0.0593 e. The Balaban J connectivity index is 1.14. The molecule has 4 rings (SSSR count). The van der Waals surface area contributed by atoms with Crippen LogP contribution in [0, 0.1) is 0 Å². The Kier molecular flexibility index (Phi) is 6.03. The van der Waals surface area contributed by atoms with E-state index in [1.54, 1.807) is 0 Å². The zero-order valence-corrected chi connectivity index (χ0v) is 15.9. The predicted octanol–water partition coefficient (Wildman–Crippen LogP) is 4.22. The summed E-state index contributed by atoms with van der Waals surface area (Å²) >= 11 is 0. The van der Waals surface area contributed by atoms with Crippen molar-refractivity contribution >= 4 is 16.5 Å². The highest BCUT2D eigenvalue weighted by atomic mass is 16.5. The summed E-state index contributed by atoms with van der Waals surface area (Å²) in [6.07, 6.45) is 0.979. The van der Waals surface area contributed by atoms with Gasteiger partial charge in [-0.2, -0.15) is 0 Å². The molecule has 1 aliphatic heterocycles. The third-order valence-electron chi connectivity index (χ3n) is 5.39. The van der Waals surface area contributed by atoms with Gasteiger partial charge in [0.25, 0.3) is 0 Å². The number of benzene rings is 3. The molecule has 1 fully saturated rings. The maximum absolute atomic E-state index is 5.91. The normalized spacial score (nSPS) is 15.3. The van der Waals surface area contributed by atoms with E-state index < -0.39 is 0 Å². The van der Waals surface area contributed by atoms with E-state index in [9.17, 15) is 0 Å². The molecule has 0 aromatic heterocycles. The first-order valence-corrected chi connectivity index (χ1v) is 9.96. The van der Waals surface area contributed by atoms with E-state index in [0.717, 1.165) is 52.4 Å². The third-order valence-corrected chi connectivity index (χ3v) is 5.39. The molecule has 0 spiro atoms. The second-order valence-electron chi connectivity index (χ2n) is 7.21. The number of piperazine rings is 1. The number of fused-ring (bicyclic) bond motifs is 1. The Labute approximate surface area is 162 Å². The molecule has 3 aromatic rings. The van der Waals surface area contributed by atoms with Crippen LogP contribution in [0.25, 0.3) is 10.8 Å². The summed E-state index contributed by atoms with van der Waals surface area (Å²) in [6.45, 7) is 7.07. The van der Waals surface area contributed by atoms with Gasteiger partial charge in [0.2, 0.25) is 0 Å². The molecule has 3 nitrogen and oxygen atoms in total. The molecule has 1 heterocycles. The summed E-state index contributed by atoms with van der Waals surface area (Å²) in [5.74, 6) is 0. The molecular weight excluding hydrogens is 332 g/mol. The third kappa shape index (κ3) is 4.88. The van der Waals surface area contributed by atoms with Gasteiger partial charge < -0.3 is 9.64 Å². The number of rotatable bonds is 7. The van der Waals surface area contributed by atoms with E-state index >= 15 is 0 Å². The lowest BCUT2D eigenvalue weighted by molar-refractivity contribution is 0.104. The lowest BCUT2D eigenvalue weighted by Crippen LogP contribution is -2.47. The van der Waals surface area contributed by atoms with E-state index in [1.807, 2.05) is 0 Å². The Morgan fingerprint density at radius 1 is 0.704 bits per heavy atom. The zero-order chi connectivity index (χ0) is 18.3. The average molecular weight is 361 g/mol. The van der Waals surface area contributed by atoms with Crippen LogP contribution in [0.1, 0.15) is 5.56 Å². The molecule has 3 heteroatoms. The van der Waals surface area contributed by atoms with E-state index in [0.29, 0.717) is 0 Å². The maximum Gasteiger partial charge on any atom is 0.0593 e. The van der Waals surface area contributed by atoms with Crippen molar-refractivity contribution in [2.45, 2.75) is 6.42 Å². The molecule has 0 radical (unpaired) electrons. The van der Waals surface area contributed by atoms with Crippen molar-refractivity contribution in [2.75, 3.05) is 50.8 Å². The molecule has 0 atom stereocenters. The van der Waals surface area contributed by atoms with Gasteiger partial charge in [0.1, 0.15) is 0 Å². The lowest BCUT2D eigenvalue weighted by atomic mass is 10.1. The summed E-state index contributed by atoms with van der Waals surface area (Å²) in [7, 11) is 0. The zero-order valence-electron chi connectivity index (χ0n) is 15.9. The molecule has 0 unspecified atom stereocenters. The topological polar surface area (TPSA) is 15.7 Å². The van der Waals surface area contributed by atoms with Crippen LogP contribution in [0.3, 0.4) is 0 Å². The van der Waals surface area contributed by atoms with E-state index in [2.05, 4.69) is 82.6 Å². The molecule has 1 aliphatic rings. The van der Waals surface area contributed by atoms with Gasteiger partial charge in [0, 0.05) is 38.4 Å². The number of nitrogens with zero attached hydrogens (tertiary/aromatic N) is 2. The van der Waals surface area contributed by atoms with Gasteiger partial charge in [0.05, 0.1) is 13.2 Å². The molecule has 0 N–H and O–H groups in total. The number of ether oxygens (including phenoxy) is 1. The maximum atomic E-state index is 5.91. The molecule has 0 bridgehead atoms. The van der Waals surface area contributed by atoms with Gasteiger partial charge in [-0.15, -0.1) is 0 Å². The SMILES string of the molecule is c1ccc(N2CCN(CCOCCc3ccc4ccccc4c3)CC2)cc1. The number of para-hydroxylation sites is 1. The fourth-order valence-electron chi connectivity index (χ4n) is 3.75. The molecule has 0 aliphatic carbocycles. The average Bonchev–Trinajstić information content (AvgIpc) is 2.74. The van der Waals surface area contributed by atoms with Crippen LogP contribution in [-0.2, 0) is 11.2 Å². The summed E-state index contributed by atoms with van der Waals surface area (Å²) in [5, 5.41) is 2.61. The Bertz CT molecular complexity index is 841. The Morgan fingerprint density at radius 2 is 1.44 bits per heavy atom. The van der Waals surface area contributed by atoms with E-state index in [-0.39, 0.29) is 0 Å². The second-order valence-corrected chi connectivity index (χ2v) is 7.21. The highest BCUT2D eigenvalue weighted by Crippen LogP contribution is 2.17. The van der Waals surface area contributed by atoms with Crippen LogP contribution in [0.4, 0.5) is 5.69 Å². The van der Waals surface area contributed by atoms with Gasteiger partial charge in [-0.3, -0.25) is 4.90 Å². The first-order chi connectivity index (χ1) is 13.4. The minimum atomic E-state index is 0.794. The number of hydrogen-bond acceptors (Lipinski definition) is 3. The van der Waals surface area contributed by atoms with Crippen LogP contribution in [0.15, 0.2) is 72.8 Å². The van der Waals surface area contributed by atoms with Gasteiger partial charge >= 0.3 is 0 Å². The van der Waals surface area contributed by atoms with Gasteiger partial charge in [-0.25, -0.2) is 0 Å². The standard InChI is InChI=1S/C24H28N2O/c1-2-8-24(9-3-1)26-15-13-25(14-16-26)17-19-27-18-12-21-10-11-22-6-4-5-7-23(22)20-21/h1-11,20H,12-19H2. The van der Waals surface area contributed by atoms with Crippen molar-refractivity contribution in [1.29, 1.82) is 0 Å². The molecule has 140 valence electrons. The lowest BCUT2D eigenvalue weighted by Gasteiger charge is -2.36. The molecule has 3 aromatic carbocycles. The highest BCUT2D eigenvalue weighted by molar-refractivity contribution is 5.82. The number of hydrogen-bond donors (Lipinski definition) is 0. The van der Waals surface area contributed by atoms with Crippen molar-refractivity contribution in [1.82, 2.24) is 4.90 Å². The van der Waals surface area contributed by atoms with Gasteiger partial charge in [0.15, 0.2) is 0 Å². The van der Waals surface area contributed by atoms with Crippen molar-refractivity contribution in [3.63, 3.8) is 0 Å². The monoisotopic (exact) mass is 360 g/mol.